The van der Waals surface area contributed by atoms with E-state index in [1.165, 1.54) is 16.8 Å². The Labute approximate surface area is 120 Å². The van der Waals surface area contributed by atoms with Crippen molar-refractivity contribution >= 4 is 17.7 Å². The number of hydrogen-bond donors (Lipinski definition) is 0. The van der Waals surface area contributed by atoms with Gasteiger partial charge in [0.15, 0.2) is 6.73 Å². The number of rotatable bonds is 5. The smallest absolute Gasteiger partial charge is 0.381 e. The lowest BCUT2D eigenvalue weighted by Gasteiger charge is -2.09. The second-order valence-electron chi connectivity index (χ2n) is 4.11. The molecular weight excluding hydrogens is 274 g/mol. The lowest BCUT2D eigenvalue weighted by atomic mass is 10.2. The molecule has 0 saturated heterocycles. The van der Waals surface area contributed by atoms with Crippen LogP contribution >= 0.6 is 0 Å². The average Bonchev–Trinajstić information content (AvgIpc) is 3.00. The first-order valence-corrected chi connectivity index (χ1v) is 6.13. The van der Waals surface area contributed by atoms with Crippen molar-refractivity contribution in [2.45, 2.75) is 6.73 Å². The monoisotopic (exact) mass is 287 g/mol. The van der Waals surface area contributed by atoms with Crippen molar-refractivity contribution in [1.29, 1.82) is 0 Å². The summed E-state index contributed by atoms with van der Waals surface area (Å²) in [5.74, 6) is -2.27. The third kappa shape index (κ3) is 3.36. The number of benzene rings is 1. The summed E-state index contributed by atoms with van der Waals surface area (Å²) in [4.78, 5) is 34.8. The van der Waals surface area contributed by atoms with E-state index in [0.717, 1.165) is 7.11 Å². The zero-order chi connectivity index (χ0) is 15.2. The van der Waals surface area contributed by atoms with Gasteiger partial charge in [-0.1, -0.05) is 18.2 Å². The lowest BCUT2D eigenvalue weighted by molar-refractivity contribution is -0.135. The maximum atomic E-state index is 11.8. The number of aromatic nitrogens is 1. The van der Waals surface area contributed by atoms with Crippen molar-refractivity contribution in [1.82, 2.24) is 4.57 Å². The maximum Gasteiger partial charge on any atom is 0.381 e. The Balaban J connectivity index is 2.05. The van der Waals surface area contributed by atoms with Crippen LogP contribution in [-0.2, 0) is 21.0 Å². The molecule has 0 aliphatic rings. The molecule has 0 fully saturated rings. The topological polar surface area (TPSA) is 74.6 Å². The van der Waals surface area contributed by atoms with Gasteiger partial charge in [0.05, 0.1) is 18.4 Å². The van der Waals surface area contributed by atoms with Gasteiger partial charge in [-0.2, -0.15) is 0 Å². The number of ether oxygens (including phenoxy) is 2. The summed E-state index contributed by atoms with van der Waals surface area (Å²) in [6.45, 7) is -0.168. The fourth-order valence-corrected chi connectivity index (χ4v) is 1.72. The SMILES string of the molecule is COC(=O)C(=O)c1cccn1COC(=O)c1ccccc1. The predicted octanol–water partition coefficient (Wildman–Crippen LogP) is 1.66. The number of ketones is 1. The molecule has 0 saturated carbocycles. The van der Waals surface area contributed by atoms with E-state index < -0.39 is 17.7 Å². The highest BCUT2D eigenvalue weighted by Gasteiger charge is 2.20. The van der Waals surface area contributed by atoms with Gasteiger partial charge >= 0.3 is 11.9 Å². The van der Waals surface area contributed by atoms with Gasteiger partial charge in [0, 0.05) is 6.20 Å². The van der Waals surface area contributed by atoms with Crippen LogP contribution in [0, 0.1) is 0 Å². The molecule has 108 valence electrons. The van der Waals surface area contributed by atoms with Gasteiger partial charge in [-0.25, -0.2) is 9.59 Å². The minimum atomic E-state index is -0.968. The number of hydrogen-bond acceptors (Lipinski definition) is 5. The van der Waals surface area contributed by atoms with Crippen LogP contribution in [0.15, 0.2) is 48.7 Å². The van der Waals surface area contributed by atoms with Gasteiger partial charge in [-0.15, -0.1) is 0 Å². The van der Waals surface area contributed by atoms with Crippen LogP contribution in [0.25, 0.3) is 0 Å². The Morgan fingerprint density at radius 1 is 1.05 bits per heavy atom. The van der Waals surface area contributed by atoms with Gasteiger partial charge in [0.1, 0.15) is 0 Å². The third-order valence-corrected chi connectivity index (χ3v) is 2.78. The maximum absolute atomic E-state index is 11.8. The molecule has 0 unspecified atom stereocenters. The number of carbonyl (C=O) groups is 3. The van der Waals surface area contributed by atoms with Crippen molar-refractivity contribution < 1.29 is 23.9 Å². The zero-order valence-corrected chi connectivity index (χ0v) is 11.3. The molecule has 1 aromatic heterocycles. The van der Waals surface area contributed by atoms with Crippen LogP contribution in [0.2, 0.25) is 0 Å². The van der Waals surface area contributed by atoms with E-state index in [1.54, 1.807) is 36.4 Å². The number of carbonyl (C=O) groups excluding carboxylic acids is 3. The Kier molecular flexibility index (Phi) is 4.50. The molecule has 0 spiro atoms. The summed E-state index contributed by atoms with van der Waals surface area (Å²) in [6.07, 6.45) is 1.54. The van der Waals surface area contributed by atoms with E-state index in [4.69, 9.17) is 4.74 Å². The number of nitrogens with zero attached hydrogens (tertiary/aromatic N) is 1. The lowest BCUT2D eigenvalue weighted by Crippen LogP contribution is -2.20. The molecule has 0 aliphatic heterocycles. The molecule has 2 aromatic rings. The summed E-state index contributed by atoms with van der Waals surface area (Å²) in [5, 5.41) is 0. The second kappa shape index (κ2) is 6.51. The molecule has 0 atom stereocenters. The molecule has 1 heterocycles. The van der Waals surface area contributed by atoms with Crippen LogP contribution in [0.3, 0.4) is 0 Å². The summed E-state index contributed by atoms with van der Waals surface area (Å²) in [7, 11) is 1.13. The highest BCUT2D eigenvalue weighted by atomic mass is 16.5. The molecule has 6 nitrogen and oxygen atoms in total. The van der Waals surface area contributed by atoms with Crippen molar-refractivity contribution in [3.8, 4) is 0 Å². The molecule has 21 heavy (non-hydrogen) atoms. The third-order valence-electron chi connectivity index (χ3n) is 2.78. The molecule has 6 heteroatoms. The van der Waals surface area contributed by atoms with E-state index in [9.17, 15) is 14.4 Å². The van der Waals surface area contributed by atoms with Crippen LogP contribution in [0.4, 0.5) is 0 Å². The molecule has 0 N–H and O–H groups in total. The van der Waals surface area contributed by atoms with E-state index in [-0.39, 0.29) is 12.4 Å². The molecule has 1 aromatic carbocycles. The number of esters is 2. The first kappa shape index (κ1) is 14.5. The minimum Gasteiger partial charge on any atom is -0.463 e. The van der Waals surface area contributed by atoms with Crippen LogP contribution in [-0.4, -0.2) is 29.4 Å². The second-order valence-corrected chi connectivity index (χ2v) is 4.11. The molecule has 0 bridgehead atoms. The minimum absolute atomic E-state index is 0.0997. The summed E-state index contributed by atoms with van der Waals surface area (Å²) in [6, 6.07) is 11.5. The van der Waals surface area contributed by atoms with E-state index in [0.29, 0.717) is 5.56 Å². The van der Waals surface area contributed by atoms with Crippen molar-refractivity contribution in [3.63, 3.8) is 0 Å². The fourth-order valence-electron chi connectivity index (χ4n) is 1.72. The van der Waals surface area contributed by atoms with Crippen LogP contribution < -0.4 is 0 Å². The highest BCUT2D eigenvalue weighted by molar-refractivity contribution is 6.40. The molecule has 2 rings (SSSR count). The van der Waals surface area contributed by atoms with E-state index in [1.807, 2.05) is 0 Å². The number of methoxy groups -OCH3 is 1. The summed E-state index contributed by atoms with van der Waals surface area (Å²) >= 11 is 0. The van der Waals surface area contributed by atoms with Crippen molar-refractivity contribution in [2.24, 2.45) is 0 Å². The largest absolute Gasteiger partial charge is 0.463 e. The van der Waals surface area contributed by atoms with Crippen molar-refractivity contribution in [3.05, 3.63) is 59.9 Å². The molecule has 0 aliphatic carbocycles. The standard InChI is InChI=1S/C15H13NO5/c1-20-15(19)13(17)12-8-5-9-16(12)10-21-14(18)11-6-3-2-4-7-11/h2-9H,10H2,1H3. The van der Waals surface area contributed by atoms with Gasteiger partial charge in [-0.3, -0.25) is 4.79 Å². The summed E-state index contributed by atoms with van der Waals surface area (Å²) < 4.78 is 10.8. The normalized spacial score (nSPS) is 9.95. The highest BCUT2D eigenvalue weighted by Crippen LogP contribution is 2.07. The molecule has 0 radical (unpaired) electrons. The first-order chi connectivity index (χ1) is 10.1. The first-order valence-electron chi connectivity index (χ1n) is 6.13. The van der Waals surface area contributed by atoms with Crippen molar-refractivity contribution in [2.75, 3.05) is 7.11 Å². The molecular formula is C15H13NO5. The predicted molar refractivity (Wildman–Crippen MR) is 72.6 cm³/mol. The van der Waals surface area contributed by atoms with E-state index >= 15 is 0 Å². The molecule has 0 amide bonds. The Bertz CT molecular complexity index is 660. The Morgan fingerprint density at radius 3 is 2.43 bits per heavy atom. The van der Waals surface area contributed by atoms with Crippen LogP contribution in [0.5, 0.6) is 0 Å². The van der Waals surface area contributed by atoms with Crippen LogP contribution in [0.1, 0.15) is 20.8 Å². The zero-order valence-electron chi connectivity index (χ0n) is 11.3. The fraction of sp³-hybridized carbons (Fsp3) is 0.133. The Hall–Kier alpha value is -2.89. The Morgan fingerprint density at radius 2 is 1.76 bits per heavy atom. The van der Waals surface area contributed by atoms with Gasteiger partial charge < -0.3 is 14.0 Å². The van der Waals surface area contributed by atoms with Gasteiger partial charge in [0.25, 0.3) is 5.78 Å². The average molecular weight is 287 g/mol. The summed E-state index contributed by atoms with van der Waals surface area (Å²) in [5.41, 5.74) is 0.508. The quantitative estimate of drug-likeness (QED) is 0.475. The van der Waals surface area contributed by atoms with Gasteiger partial charge in [-0.05, 0) is 24.3 Å². The number of Topliss-reactive ketones (excluding diaryl/α,β-unsaturated/α-hetero) is 1. The van der Waals surface area contributed by atoms with Gasteiger partial charge in [0.2, 0.25) is 0 Å². The van der Waals surface area contributed by atoms with E-state index in [2.05, 4.69) is 4.74 Å².